The van der Waals surface area contributed by atoms with Crippen molar-refractivity contribution in [2.45, 2.75) is 102 Å². The predicted molar refractivity (Wildman–Crippen MR) is 372 cm³/mol. The third-order valence-corrected chi connectivity index (χ3v) is 19.8. The fourth-order valence-corrected chi connectivity index (χ4v) is 14.5. The molecule has 7 aromatic rings. The monoisotopic (exact) mass is 1340 g/mol. The molecule has 20 nitrogen and oxygen atoms in total. The Morgan fingerprint density at radius 2 is 0.918 bits per heavy atom. The number of fused-ring (bicyclic) bond motifs is 2. The summed E-state index contributed by atoms with van der Waals surface area (Å²) < 4.78 is 64.9. The number of piperazine rings is 2. The van der Waals surface area contributed by atoms with Crippen LogP contribution in [0.2, 0.25) is 0 Å². The number of carbonyl (C=O) groups is 2. The molecule has 98 heavy (non-hydrogen) atoms. The van der Waals surface area contributed by atoms with Crippen LogP contribution in [-0.4, -0.2) is 196 Å². The van der Waals surface area contributed by atoms with Crippen LogP contribution in [0, 0.1) is 11.6 Å². The number of hydrogen-bond acceptors (Lipinski definition) is 16. The fraction of sp³-hybridized carbons (Fsp3) is 0.447. The highest BCUT2D eigenvalue weighted by atomic mass is 19.1. The summed E-state index contributed by atoms with van der Waals surface area (Å²) in [6, 6.07) is 39.1. The van der Waals surface area contributed by atoms with E-state index in [0.29, 0.717) is 124 Å². The number of hydrogen-bond donors (Lipinski definition) is 4. The molecule has 5 aromatic carbocycles. The summed E-state index contributed by atoms with van der Waals surface area (Å²) in [4.78, 5) is 74.7. The largest absolute Gasteiger partial charge is 0.491 e. The van der Waals surface area contributed by atoms with E-state index in [-0.39, 0.29) is 84.0 Å². The van der Waals surface area contributed by atoms with Crippen molar-refractivity contribution in [2.75, 3.05) is 128 Å². The lowest BCUT2D eigenvalue weighted by atomic mass is 9.91. The molecule has 0 radical (unpaired) electrons. The van der Waals surface area contributed by atoms with Gasteiger partial charge in [-0.15, -0.1) is 0 Å². The molecule has 22 heteroatoms. The van der Waals surface area contributed by atoms with E-state index in [1.54, 1.807) is 24.3 Å². The standard InChI is InChI=1S/C76H90F2N10O10/c1-49-37-85(43-69(89)87-47-75(3,4)71-67(87)32-53(73(91)81-71)30-51-10-14-55(77)15-11-51)57(35-79-49)39-83-26-28-93-65(41-83)45-95-59-18-22-61(23-19-59)97-63-8-7-9-64(34-63)98-62-24-20-60(21-25-62)96-46-66-42-84(27-29-94-66)40-58-36-80-50(2)38-86(58)44-70(90)88-48-76(5,6)72-68(88)33-54(74(92)82-72)31-52-12-16-56(78)17-13-52/h7-25,32-34,49-50,57-58,65-66,79-80H,26-31,35-48H2,1-6H3,(H,81,91)(H,82,92)/t49-,50-,57-,58-,65+,66+/m1/s1. The minimum absolute atomic E-state index is 0.0121. The van der Waals surface area contributed by atoms with Gasteiger partial charge in [0.15, 0.2) is 0 Å². The molecule has 4 N–H and O–H groups in total. The van der Waals surface area contributed by atoms with Gasteiger partial charge in [-0.05, 0) is 122 Å². The number of ether oxygens (including phenoxy) is 6. The third kappa shape index (κ3) is 16.5. The van der Waals surface area contributed by atoms with Crippen LogP contribution in [-0.2, 0) is 42.7 Å². The van der Waals surface area contributed by atoms with Crippen LogP contribution in [0.1, 0.15) is 75.2 Å². The zero-order valence-corrected chi connectivity index (χ0v) is 56.8. The number of aromatic amines is 2. The van der Waals surface area contributed by atoms with E-state index in [0.717, 1.165) is 73.2 Å². The van der Waals surface area contributed by atoms with Gasteiger partial charge in [-0.25, -0.2) is 8.78 Å². The van der Waals surface area contributed by atoms with E-state index in [9.17, 15) is 28.0 Å². The molecule has 8 heterocycles. The molecule has 0 unspecified atom stereocenters. The molecule has 6 atom stereocenters. The number of morpholine rings is 2. The molecule has 2 aromatic heterocycles. The van der Waals surface area contributed by atoms with Gasteiger partial charge in [0.2, 0.25) is 11.8 Å². The van der Waals surface area contributed by atoms with Crippen molar-refractivity contribution >= 4 is 23.2 Å². The van der Waals surface area contributed by atoms with Crippen molar-refractivity contribution in [3.05, 3.63) is 199 Å². The summed E-state index contributed by atoms with van der Waals surface area (Å²) in [6.07, 6.45) is 0.349. The van der Waals surface area contributed by atoms with E-state index in [1.807, 2.05) is 122 Å². The van der Waals surface area contributed by atoms with Crippen molar-refractivity contribution in [1.82, 2.24) is 40.2 Å². The van der Waals surface area contributed by atoms with E-state index in [4.69, 9.17) is 28.4 Å². The first-order chi connectivity index (χ1) is 47.2. The van der Waals surface area contributed by atoms with Gasteiger partial charge >= 0.3 is 0 Å². The highest BCUT2D eigenvalue weighted by Gasteiger charge is 2.43. The molecule has 13 rings (SSSR count). The number of rotatable bonds is 22. The second kappa shape index (κ2) is 29.6. The summed E-state index contributed by atoms with van der Waals surface area (Å²) in [5.74, 6) is 3.19. The molecule has 4 fully saturated rings. The van der Waals surface area contributed by atoms with E-state index in [2.05, 4.69) is 54.0 Å². The van der Waals surface area contributed by atoms with Gasteiger partial charge in [-0.2, -0.15) is 0 Å². The van der Waals surface area contributed by atoms with Gasteiger partial charge in [0, 0.05) is 155 Å². The van der Waals surface area contributed by atoms with Gasteiger partial charge in [0.25, 0.3) is 11.1 Å². The highest BCUT2D eigenvalue weighted by Crippen LogP contribution is 2.41. The number of halogens is 2. The van der Waals surface area contributed by atoms with Gasteiger partial charge < -0.3 is 58.8 Å². The summed E-state index contributed by atoms with van der Waals surface area (Å²) in [5, 5.41) is 7.28. The number of H-pyrrole nitrogens is 2. The maximum Gasteiger partial charge on any atom is 0.251 e. The minimum Gasteiger partial charge on any atom is -0.491 e. The highest BCUT2D eigenvalue weighted by molar-refractivity contribution is 5.98. The topological polar surface area (TPSA) is 199 Å². The van der Waals surface area contributed by atoms with Crippen LogP contribution in [0.25, 0.3) is 0 Å². The fourth-order valence-electron chi connectivity index (χ4n) is 14.5. The number of benzene rings is 5. The first-order valence-electron chi connectivity index (χ1n) is 34.4. The molecule has 518 valence electrons. The first-order valence-corrected chi connectivity index (χ1v) is 34.4. The number of aromatic nitrogens is 2. The molecule has 6 aliphatic rings. The SMILES string of the molecule is C[C@@H]1CN(CC(=O)N2CC(C)(C)c3[nH]c(=O)c(Cc4ccc(F)cc4)cc32)[C@@H](CN2CCO[C@H](COc3ccc(Oc4cccc(Oc5ccc(OC[C@@H]6CN(C[C@H]7CN[C@H](C)CN7CC(=O)N7CC(C)(C)c8[nH]c(=O)c(Cc9ccc(F)cc9)cc87)CCO6)cc5)c4)cc3)C2)CN1. The molecular formula is C76H90F2N10O10. The summed E-state index contributed by atoms with van der Waals surface area (Å²) in [5.41, 5.74) is 4.38. The molecular weight excluding hydrogens is 1250 g/mol. The second-order valence-corrected chi connectivity index (χ2v) is 28.6. The Balaban J connectivity index is 0.545. The van der Waals surface area contributed by atoms with Gasteiger partial charge in [-0.3, -0.25) is 38.8 Å². The lowest BCUT2D eigenvalue weighted by molar-refractivity contribution is -0.121. The number of amides is 2. The molecule has 0 saturated carbocycles. The predicted octanol–water partition coefficient (Wildman–Crippen LogP) is 8.24. The molecule has 0 bridgehead atoms. The number of pyridine rings is 2. The Bertz CT molecular complexity index is 3810. The maximum atomic E-state index is 14.4. The lowest BCUT2D eigenvalue weighted by Gasteiger charge is -2.43. The quantitative estimate of drug-likeness (QED) is 0.0506. The molecule has 4 saturated heterocycles. The Hall–Kier alpha value is -8.32. The Kier molecular flexibility index (Phi) is 20.6. The van der Waals surface area contributed by atoms with Crippen LogP contribution >= 0.6 is 0 Å². The van der Waals surface area contributed by atoms with Gasteiger partial charge in [0.1, 0.15) is 71.6 Å². The molecule has 2 amide bonds. The summed E-state index contributed by atoms with van der Waals surface area (Å²) in [7, 11) is 0. The van der Waals surface area contributed by atoms with Crippen molar-refractivity contribution < 1.29 is 46.8 Å². The Morgan fingerprint density at radius 1 is 0.520 bits per heavy atom. The van der Waals surface area contributed by atoms with Crippen LogP contribution in [0.3, 0.4) is 0 Å². The van der Waals surface area contributed by atoms with E-state index < -0.39 is 10.8 Å². The van der Waals surface area contributed by atoms with Crippen molar-refractivity contribution in [1.29, 1.82) is 0 Å². The summed E-state index contributed by atoms with van der Waals surface area (Å²) in [6.45, 7) is 23.1. The maximum absolute atomic E-state index is 14.4. The molecule has 6 aliphatic heterocycles. The normalized spacial score (nSPS) is 22.7. The van der Waals surface area contributed by atoms with E-state index >= 15 is 0 Å². The minimum atomic E-state index is -0.443. The van der Waals surface area contributed by atoms with Crippen LogP contribution in [0.5, 0.6) is 34.5 Å². The second-order valence-electron chi connectivity index (χ2n) is 28.6. The van der Waals surface area contributed by atoms with Gasteiger partial charge in [-0.1, -0.05) is 58.0 Å². The van der Waals surface area contributed by atoms with Crippen molar-refractivity contribution in [2.24, 2.45) is 0 Å². The number of carbonyl (C=O) groups excluding carboxylic acids is 2. The van der Waals surface area contributed by atoms with Crippen LogP contribution in [0.4, 0.5) is 20.2 Å². The molecule has 0 spiro atoms. The Labute approximate surface area is 571 Å². The summed E-state index contributed by atoms with van der Waals surface area (Å²) >= 11 is 0. The van der Waals surface area contributed by atoms with E-state index in [1.165, 1.54) is 24.3 Å². The lowest BCUT2D eigenvalue weighted by Crippen LogP contribution is -2.61. The zero-order chi connectivity index (χ0) is 68.2. The number of nitrogens with zero attached hydrogens (tertiary/aromatic N) is 6. The number of nitrogens with one attached hydrogen (secondary N) is 4. The van der Waals surface area contributed by atoms with Crippen LogP contribution in [0.15, 0.2) is 143 Å². The average Bonchev–Trinajstić information content (AvgIpc) is 1.61. The first kappa shape index (κ1) is 68.2. The van der Waals surface area contributed by atoms with Crippen molar-refractivity contribution in [3.8, 4) is 34.5 Å². The van der Waals surface area contributed by atoms with Gasteiger partial charge in [0.05, 0.1) is 37.7 Å². The third-order valence-electron chi connectivity index (χ3n) is 19.8. The average molecular weight is 1340 g/mol. The number of anilines is 2. The van der Waals surface area contributed by atoms with Crippen molar-refractivity contribution in [3.63, 3.8) is 0 Å². The van der Waals surface area contributed by atoms with Crippen LogP contribution < -0.4 is 50.5 Å². The smallest absolute Gasteiger partial charge is 0.251 e. The zero-order valence-electron chi connectivity index (χ0n) is 56.8. The molecule has 0 aliphatic carbocycles. The Morgan fingerprint density at radius 3 is 1.33 bits per heavy atom.